The van der Waals surface area contributed by atoms with Gasteiger partial charge < -0.3 is 15.7 Å². The molecule has 1 aromatic carbocycles. The minimum absolute atomic E-state index is 0.561. The summed E-state index contributed by atoms with van der Waals surface area (Å²) in [6.45, 7) is 4.73. The summed E-state index contributed by atoms with van der Waals surface area (Å²) in [4.78, 5) is 22.6. The van der Waals surface area contributed by atoms with Gasteiger partial charge in [-0.25, -0.2) is 9.59 Å². The molecule has 6 heteroatoms. The Balaban J connectivity index is 2.77. The first kappa shape index (κ1) is 14.5. The van der Waals surface area contributed by atoms with Gasteiger partial charge >= 0.3 is 12.0 Å². The number of carboxylic acids is 1. The average molecular weight is 315 g/mol. The molecule has 18 heavy (non-hydrogen) atoms. The van der Waals surface area contributed by atoms with Crippen molar-refractivity contribution in [3.05, 3.63) is 28.2 Å². The van der Waals surface area contributed by atoms with Crippen LogP contribution in [-0.2, 0) is 4.79 Å². The Morgan fingerprint density at radius 2 is 1.94 bits per heavy atom. The Morgan fingerprint density at radius 3 is 2.50 bits per heavy atom. The third-order valence-corrected chi connectivity index (χ3v) is 3.02. The SMILES string of the molecule is Cc1ccc(Br)c(NC(=O)NC(C)(C)C(=O)O)c1. The molecule has 1 aromatic rings. The fraction of sp³-hybridized carbons (Fsp3) is 0.333. The van der Waals surface area contributed by atoms with Gasteiger partial charge in [-0.3, -0.25) is 0 Å². The normalized spacial score (nSPS) is 10.9. The summed E-state index contributed by atoms with van der Waals surface area (Å²) in [5.74, 6) is -1.10. The molecule has 1 rings (SSSR count). The van der Waals surface area contributed by atoms with E-state index < -0.39 is 17.5 Å². The van der Waals surface area contributed by atoms with Crippen molar-refractivity contribution in [2.45, 2.75) is 26.3 Å². The van der Waals surface area contributed by atoms with Gasteiger partial charge in [-0.15, -0.1) is 0 Å². The third kappa shape index (κ3) is 3.73. The summed E-state index contributed by atoms with van der Waals surface area (Å²) in [5.41, 5.74) is 0.264. The second-order valence-corrected chi connectivity index (χ2v) is 5.35. The number of hydrogen-bond acceptors (Lipinski definition) is 2. The number of halogens is 1. The fourth-order valence-corrected chi connectivity index (χ4v) is 1.57. The van der Waals surface area contributed by atoms with E-state index in [-0.39, 0.29) is 0 Å². The second-order valence-electron chi connectivity index (χ2n) is 4.49. The van der Waals surface area contributed by atoms with Crippen LogP contribution in [0.2, 0.25) is 0 Å². The summed E-state index contributed by atoms with van der Waals surface area (Å²) in [6.07, 6.45) is 0. The summed E-state index contributed by atoms with van der Waals surface area (Å²) >= 11 is 3.31. The van der Waals surface area contributed by atoms with E-state index in [0.717, 1.165) is 10.0 Å². The number of hydrogen-bond donors (Lipinski definition) is 3. The van der Waals surface area contributed by atoms with Crippen LogP contribution in [0.1, 0.15) is 19.4 Å². The van der Waals surface area contributed by atoms with Crippen LogP contribution in [0.4, 0.5) is 10.5 Å². The number of urea groups is 1. The van der Waals surface area contributed by atoms with Gasteiger partial charge in [0.2, 0.25) is 0 Å². The van der Waals surface area contributed by atoms with Crippen molar-refractivity contribution in [1.29, 1.82) is 0 Å². The molecule has 0 spiro atoms. The van der Waals surface area contributed by atoms with Crippen LogP contribution >= 0.6 is 15.9 Å². The molecule has 0 aromatic heterocycles. The number of nitrogens with one attached hydrogen (secondary N) is 2. The topological polar surface area (TPSA) is 78.4 Å². The first-order valence-corrected chi connectivity index (χ1v) is 6.10. The van der Waals surface area contributed by atoms with Crippen molar-refractivity contribution in [3.63, 3.8) is 0 Å². The lowest BCUT2D eigenvalue weighted by Crippen LogP contribution is -2.51. The monoisotopic (exact) mass is 314 g/mol. The van der Waals surface area contributed by atoms with Crippen molar-refractivity contribution in [2.75, 3.05) is 5.32 Å². The average Bonchev–Trinajstić information content (AvgIpc) is 2.22. The van der Waals surface area contributed by atoms with Crippen LogP contribution < -0.4 is 10.6 Å². The minimum atomic E-state index is -1.32. The molecule has 3 N–H and O–H groups in total. The zero-order valence-corrected chi connectivity index (χ0v) is 12.0. The Labute approximate surface area is 114 Å². The maximum Gasteiger partial charge on any atom is 0.328 e. The molecule has 2 amide bonds. The number of carbonyl (C=O) groups is 2. The zero-order valence-electron chi connectivity index (χ0n) is 10.4. The van der Waals surface area contributed by atoms with Crippen molar-refractivity contribution in [3.8, 4) is 0 Å². The van der Waals surface area contributed by atoms with Gasteiger partial charge in [0, 0.05) is 4.47 Å². The molecule has 0 bridgehead atoms. The number of carboxylic acid groups (broad SMARTS) is 1. The molecule has 0 fully saturated rings. The van der Waals surface area contributed by atoms with Gasteiger partial charge in [0.15, 0.2) is 0 Å². The molecule has 0 aliphatic carbocycles. The Bertz CT molecular complexity index is 486. The van der Waals surface area contributed by atoms with E-state index in [1.54, 1.807) is 6.07 Å². The Kier molecular flexibility index (Phi) is 4.34. The van der Waals surface area contributed by atoms with Gasteiger partial charge in [0.05, 0.1) is 5.69 Å². The number of aryl methyl sites for hydroxylation is 1. The molecule has 0 saturated carbocycles. The molecular formula is C12H15BrN2O3. The van der Waals surface area contributed by atoms with E-state index in [4.69, 9.17) is 5.11 Å². The zero-order chi connectivity index (χ0) is 13.9. The molecule has 98 valence electrons. The predicted molar refractivity (Wildman–Crippen MR) is 72.7 cm³/mol. The quantitative estimate of drug-likeness (QED) is 0.802. The van der Waals surface area contributed by atoms with Gasteiger partial charge in [0.1, 0.15) is 5.54 Å². The highest BCUT2D eigenvalue weighted by Gasteiger charge is 2.29. The molecular weight excluding hydrogens is 300 g/mol. The van der Waals surface area contributed by atoms with Gasteiger partial charge in [0.25, 0.3) is 0 Å². The van der Waals surface area contributed by atoms with Gasteiger partial charge in [-0.2, -0.15) is 0 Å². The predicted octanol–water partition coefficient (Wildman–Crippen LogP) is 2.74. The third-order valence-electron chi connectivity index (χ3n) is 2.33. The first-order chi connectivity index (χ1) is 8.22. The highest BCUT2D eigenvalue weighted by Crippen LogP contribution is 2.23. The number of anilines is 1. The fourth-order valence-electron chi connectivity index (χ4n) is 1.23. The maximum atomic E-state index is 11.7. The first-order valence-electron chi connectivity index (χ1n) is 5.31. The Hall–Kier alpha value is -1.56. The van der Waals surface area contributed by atoms with E-state index >= 15 is 0 Å². The number of carbonyl (C=O) groups excluding carboxylic acids is 1. The largest absolute Gasteiger partial charge is 0.480 e. The molecule has 0 heterocycles. The molecule has 0 aliphatic heterocycles. The highest BCUT2D eigenvalue weighted by molar-refractivity contribution is 9.10. The molecule has 0 atom stereocenters. The van der Waals surface area contributed by atoms with Crippen LogP contribution in [0.5, 0.6) is 0 Å². The van der Waals surface area contributed by atoms with E-state index in [2.05, 4.69) is 26.6 Å². The molecule has 5 nitrogen and oxygen atoms in total. The minimum Gasteiger partial charge on any atom is -0.480 e. The van der Waals surface area contributed by atoms with Crippen LogP contribution in [-0.4, -0.2) is 22.6 Å². The molecule has 0 unspecified atom stereocenters. The van der Waals surface area contributed by atoms with Gasteiger partial charge in [-0.1, -0.05) is 6.07 Å². The molecule has 0 aliphatic rings. The smallest absolute Gasteiger partial charge is 0.328 e. The van der Waals surface area contributed by atoms with Crippen LogP contribution in [0.25, 0.3) is 0 Å². The lowest BCUT2D eigenvalue weighted by Gasteiger charge is -2.21. The van der Waals surface area contributed by atoms with E-state index in [1.807, 2.05) is 19.1 Å². The highest BCUT2D eigenvalue weighted by atomic mass is 79.9. The van der Waals surface area contributed by atoms with Crippen LogP contribution in [0.15, 0.2) is 22.7 Å². The number of benzene rings is 1. The maximum absolute atomic E-state index is 11.7. The molecule has 0 radical (unpaired) electrons. The van der Waals surface area contributed by atoms with E-state index in [1.165, 1.54) is 13.8 Å². The van der Waals surface area contributed by atoms with Crippen molar-refractivity contribution < 1.29 is 14.7 Å². The van der Waals surface area contributed by atoms with Crippen LogP contribution in [0.3, 0.4) is 0 Å². The second kappa shape index (κ2) is 5.39. The lowest BCUT2D eigenvalue weighted by molar-refractivity contribution is -0.142. The summed E-state index contributed by atoms with van der Waals surface area (Å²) in [5, 5.41) is 13.9. The Morgan fingerprint density at radius 1 is 1.33 bits per heavy atom. The van der Waals surface area contributed by atoms with Crippen LogP contribution in [0, 0.1) is 6.92 Å². The van der Waals surface area contributed by atoms with Gasteiger partial charge in [-0.05, 0) is 54.4 Å². The number of aliphatic carboxylic acids is 1. The number of amides is 2. The van der Waals surface area contributed by atoms with Crippen molar-refractivity contribution in [1.82, 2.24) is 5.32 Å². The summed E-state index contributed by atoms with van der Waals surface area (Å²) in [7, 11) is 0. The van der Waals surface area contributed by atoms with Crippen molar-refractivity contribution in [2.24, 2.45) is 0 Å². The summed E-state index contributed by atoms with van der Waals surface area (Å²) in [6, 6.07) is 4.94. The lowest BCUT2D eigenvalue weighted by atomic mass is 10.1. The standard InChI is InChI=1S/C12H15BrN2O3/c1-7-4-5-8(13)9(6-7)14-11(18)15-12(2,3)10(16)17/h4-6H,1-3H3,(H,16,17)(H2,14,15,18). The summed E-state index contributed by atoms with van der Waals surface area (Å²) < 4.78 is 0.733. The van der Waals surface area contributed by atoms with E-state index in [0.29, 0.717) is 5.69 Å². The number of rotatable bonds is 3. The molecule has 0 saturated heterocycles. The van der Waals surface area contributed by atoms with E-state index in [9.17, 15) is 9.59 Å². The van der Waals surface area contributed by atoms with Crippen molar-refractivity contribution >= 4 is 33.6 Å².